The highest BCUT2D eigenvalue weighted by Crippen LogP contribution is 2.34. The van der Waals surface area contributed by atoms with Crippen molar-refractivity contribution in [3.8, 4) is 11.5 Å². The van der Waals surface area contributed by atoms with E-state index in [-0.39, 0.29) is 22.9 Å². The van der Waals surface area contributed by atoms with Crippen LogP contribution in [0.15, 0.2) is 23.1 Å². The minimum Gasteiger partial charge on any atom is -0.493 e. The molecule has 1 aromatic carbocycles. The van der Waals surface area contributed by atoms with Crippen LogP contribution in [0.2, 0.25) is 0 Å². The summed E-state index contributed by atoms with van der Waals surface area (Å²) < 4.78 is 15.2. The molecule has 2 rings (SSSR count). The lowest BCUT2D eigenvalue weighted by Crippen LogP contribution is -2.39. The second kappa shape index (κ2) is 11.2. The van der Waals surface area contributed by atoms with E-state index in [0.29, 0.717) is 25.1 Å². The molecule has 1 aliphatic rings. The number of carboxylic acids is 1. The van der Waals surface area contributed by atoms with Gasteiger partial charge in [-0.05, 0) is 42.0 Å². The average molecular weight is 438 g/mol. The predicted molar refractivity (Wildman–Crippen MR) is 108 cm³/mol. The van der Waals surface area contributed by atoms with Crippen LogP contribution >= 0.6 is 11.8 Å². The van der Waals surface area contributed by atoms with Crippen LogP contribution in [0.4, 0.5) is 4.79 Å². The van der Waals surface area contributed by atoms with Gasteiger partial charge in [-0.25, -0.2) is 4.79 Å². The smallest absolute Gasteiger partial charge is 0.341 e. The average Bonchev–Trinajstić information content (AvgIpc) is 2.97. The molecule has 1 aromatic rings. The summed E-state index contributed by atoms with van der Waals surface area (Å²) in [6.07, 6.45) is 2.11. The summed E-state index contributed by atoms with van der Waals surface area (Å²) in [5.41, 5.74) is 0.545. The molecule has 0 aromatic heterocycles. The predicted octanol–water partition coefficient (Wildman–Crippen LogP) is 1.35. The monoisotopic (exact) mass is 438 g/mol. The molecular formula is C19H22N2O8S. The fourth-order valence-electron chi connectivity index (χ4n) is 2.46. The Morgan fingerprint density at radius 2 is 2.00 bits per heavy atom. The quantitative estimate of drug-likeness (QED) is 0.388. The summed E-state index contributed by atoms with van der Waals surface area (Å²) in [5, 5.41) is 10.8. The largest absolute Gasteiger partial charge is 0.493 e. The molecule has 30 heavy (non-hydrogen) atoms. The van der Waals surface area contributed by atoms with Gasteiger partial charge in [0.2, 0.25) is 5.91 Å². The maximum Gasteiger partial charge on any atom is 0.341 e. The van der Waals surface area contributed by atoms with Crippen molar-refractivity contribution in [2.24, 2.45) is 0 Å². The maximum atomic E-state index is 12.5. The number of rotatable bonds is 11. The summed E-state index contributed by atoms with van der Waals surface area (Å²) in [6, 6.07) is 4.65. The summed E-state index contributed by atoms with van der Waals surface area (Å²) >= 11 is 0.731. The number of amides is 3. The summed E-state index contributed by atoms with van der Waals surface area (Å²) in [6.45, 7) is -0.00851. The van der Waals surface area contributed by atoms with Crippen molar-refractivity contribution in [2.75, 3.05) is 40.5 Å². The molecule has 1 heterocycles. The number of nitrogens with one attached hydrogen (secondary N) is 1. The Balaban J connectivity index is 2.05. The highest BCUT2D eigenvalue weighted by atomic mass is 32.2. The van der Waals surface area contributed by atoms with Crippen LogP contribution in [0.25, 0.3) is 6.08 Å². The van der Waals surface area contributed by atoms with E-state index in [0.717, 1.165) is 16.7 Å². The SMILES string of the molecule is COCCCNC(=O)CN1C(=O)S/C(=C\c2ccc(OCC(=O)O)c(OC)c2)C1=O. The fourth-order valence-corrected chi connectivity index (χ4v) is 3.30. The van der Waals surface area contributed by atoms with E-state index in [9.17, 15) is 19.2 Å². The molecular weight excluding hydrogens is 416 g/mol. The Morgan fingerprint density at radius 1 is 1.23 bits per heavy atom. The number of aliphatic carboxylic acids is 1. The number of carboxylic acid groups (broad SMARTS) is 1. The van der Waals surface area contributed by atoms with Gasteiger partial charge in [0.15, 0.2) is 18.1 Å². The molecule has 10 nitrogen and oxygen atoms in total. The van der Waals surface area contributed by atoms with Gasteiger partial charge in [0.1, 0.15) is 6.54 Å². The van der Waals surface area contributed by atoms with Crippen molar-refractivity contribution >= 4 is 40.9 Å². The second-order valence-corrected chi connectivity index (χ2v) is 7.05. The number of ether oxygens (including phenoxy) is 3. The lowest BCUT2D eigenvalue weighted by atomic mass is 10.2. The van der Waals surface area contributed by atoms with Gasteiger partial charge < -0.3 is 24.6 Å². The molecule has 1 fully saturated rings. The van der Waals surface area contributed by atoms with Gasteiger partial charge in [-0.2, -0.15) is 0 Å². The summed E-state index contributed by atoms with van der Waals surface area (Å²) in [7, 11) is 2.95. The molecule has 1 saturated heterocycles. The van der Waals surface area contributed by atoms with Gasteiger partial charge in [-0.3, -0.25) is 19.3 Å². The van der Waals surface area contributed by atoms with Crippen LogP contribution in [0, 0.1) is 0 Å². The molecule has 0 aliphatic carbocycles. The number of hydrogen-bond acceptors (Lipinski definition) is 8. The van der Waals surface area contributed by atoms with Crippen molar-refractivity contribution in [1.82, 2.24) is 10.2 Å². The van der Waals surface area contributed by atoms with E-state index in [1.165, 1.54) is 19.3 Å². The number of nitrogens with zero attached hydrogens (tertiary/aromatic N) is 1. The van der Waals surface area contributed by atoms with Crippen molar-refractivity contribution in [1.29, 1.82) is 0 Å². The first-order valence-corrected chi connectivity index (χ1v) is 9.71. The van der Waals surface area contributed by atoms with Crippen molar-refractivity contribution in [3.05, 3.63) is 28.7 Å². The van der Waals surface area contributed by atoms with E-state index in [2.05, 4.69) is 5.32 Å². The molecule has 162 valence electrons. The highest BCUT2D eigenvalue weighted by molar-refractivity contribution is 8.18. The topological polar surface area (TPSA) is 131 Å². The van der Waals surface area contributed by atoms with Crippen LogP contribution in [0.5, 0.6) is 11.5 Å². The number of methoxy groups -OCH3 is 2. The number of carbonyl (C=O) groups is 4. The van der Waals surface area contributed by atoms with E-state index in [1.807, 2.05) is 0 Å². The molecule has 3 amide bonds. The lowest BCUT2D eigenvalue weighted by molar-refractivity contribution is -0.139. The van der Waals surface area contributed by atoms with Crippen LogP contribution in [-0.2, 0) is 19.1 Å². The summed E-state index contributed by atoms with van der Waals surface area (Å²) in [4.78, 5) is 48.3. The Morgan fingerprint density at radius 3 is 2.67 bits per heavy atom. The maximum absolute atomic E-state index is 12.5. The molecule has 0 radical (unpaired) electrons. The Bertz CT molecular complexity index is 855. The van der Waals surface area contributed by atoms with Crippen molar-refractivity contribution < 1.29 is 38.5 Å². The molecule has 1 aliphatic heterocycles. The van der Waals surface area contributed by atoms with E-state index < -0.39 is 29.6 Å². The Kier molecular flexibility index (Phi) is 8.69. The number of imide groups is 1. The zero-order valence-corrected chi connectivity index (χ0v) is 17.3. The van der Waals surface area contributed by atoms with Crippen LogP contribution in [-0.4, -0.2) is 73.6 Å². The molecule has 11 heteroatoms. The molecule has 0 unspecified atom stereocenters. The number of thioether (sulfide) groups is 1. The van der Waals surface area contributed by atoms with Crippen LogP contribution in [0.1, 0.15) is 12.0 Å². The Hall–Kier alpha value is -3.05. The van der Waals surface area contributed by atoms with Crippen LogP contribution in [0.3, 0.4) is 0 Å². The van der Waals surface area contributed by atoms with Gasteiger partial charge in [-0.1, -0.05) is 6.07 Å². The molecule has 2 N–H and O–H groups in total. The van der Waals surface area contributed by atoms with Gasteiger partial charge in [0.05, 0.1) is 12.0 Å². The zero-order chi connectivity index (χ0) is 22.1. The molecule has 0 saturated carbocycles. The third-order valence-corrected chi connectivity index (χ3v) is 4.77. The second-order valence-electron chi connectivity index (χ2n) is 6.06. The van der Waals surface area contributed by atoms with Crippen molar-refractivity contribution in [2.45, 2.75) is 6.42 Å². The number of benzene rings is 1. The van der Waals surface area contributed by atoms with Gasteiger partial charge in [0.25, 0.3) is 11.1 Å². The Labute approximate surface area is 177 Å². The molecule has 0 atom stereocenters. The minimum atomic E-state index is -1.13. The third-order valence-electron chi connectivity index (χ3n) is 3.86. The normalized spacial score (nSPS) is 14.9. The first kappa shape index (κ1) is 23.2. The number of carbonyl (C=O) groups excluding carboxylic acids is 3. The molecule has 0 spiro atoms. The van der Waals surface area contributed by atoms with Crippen molar-refractivity contribution in [3.63, 3.8) is 0 Å². The molecule has 0 bridgehead atoms. The van der Waals surface area contributed by atoms with E-state index in [1.54, 1.807) is 19.2 Å². The lowest BCUT2D eigenvalue weighted by Gasteiger charge is -2.12. The first-order chi connectivity index (χ1) is 14.3. The van der Waals surface area contributed by atoms with E-state index >= 15 is 0 Å². The van der Waals surface area contributed by atoms with E-state index in [4.69, 9.17) is 19.3 Å². The fraction of sp³-hybridized carbons (Fsp3) is 0.368. The standard InChI is InChI=1S/C19H22N2O8S/c1-27-7-3-6-20-16(22)10-21-18(25)15(30-19(21)26)9-12-4-5-13(14(8-12)28-2)29-11-17(23)24/h4-5,8-9H,3,6-7,10-11H2,1-2H3,(H,20,22)(H,23,24)/b15-9-. The highest BCUT2D eigenvalue weighted by Gasteiger charge is 2.36. The third kappa shape index (κ3) is 6.49. The van der Waals surface area contributed by atoms with Crippen LogP contribution < -0.4 is 14.8 Å². The zero-order valence-electron chi connectivity index (χ0n) is 16.5. The number of hydrogen-bond donors (Lipinski definition) is 2. The first-order valence-electron chi connectivity index (χ1n) is 8.89. The summed E-state index contributed by atoms with van der Waals surface area (Å²) in [5.74, 6) is -1.62. The van der Waals surface area contributed by atoms with Gasteiger partial charge in [-0.15, -0.1) is 0 Å². The van der Waals surface area contributed by atoms with Gasteiger partial charge >= 0.3 is 5.97 Å². The minimum absolute atomic E-state index is 0.161. The van der Waals surface area contributed by atoms with Gasteiger partial charge in [0, 0.05) is 20.3 Å².